The highest BCUT2D eigenvalue weighted by Crippen LogP contribution is 2.36. The molecule has 1 saturated carbocycles. The third kappa shape index (κ3) is 2.11. The zero-order valence-corrected chi connectivity index (χ0v) is 10.5. The average Bonchev–Trinajstić information content (AvgIpc) is 3.07. The van der Waals surface area contributed by atoms with Crippen LogP contribution in [0.3, 0.4) is 0 Å². The molecule has 2 aliphatic rings. The highest BCUT2D eigenvalue weighted by molar-refractivity contribution is 7.99. The minimum absolute atomic E-state index is 0.583. The number of thioether (sulfide) groups is 1. The summed E-state index contributed by atoms with van der Waals surface area (Å²) < 4.78 is 2.35. The van der Waals surface area contributed by atoms with Crippen molar-refractivity contribution in [2.75, 3.05) is 18.1 Å². The van der Waals surface area contributed by atoms with Gasteiger partial charge >= 0.3 is 0 Å². The molecule has 0 spiro atoms. The predicted octanol–water partition coefficient (Wildman–Crippen LogP) is 1.17. The van der Waals surface area contributed by atoms with Crippen molar-refractivity contribution in [1.29, 1.82) is 0 Å². The maximum absolute atomic E-state index is 4.33. The monoisotopic (exact) mass is 238 g/mol. The lowest BCUT2D eigenvalue weighted by Gasteiger charge is -2.22. The molecule has 16 heavy (non-hydrogen) atoms. The summed E-state index contributed by atoms with van der Waals surface area (Å²) in [5, 5.41) is 12.1. The van der Waals surface area contributed by atoms with Crippen LogP contribution >= 0.6 is 11.8 Å². The summed E-state index contributed by atoms with van der Waals surface area (Å²) in [6.45, 7) is 3.20. The fourth-order valence-electron chi connectivity index (χ4n) is 2.33. The third-order valence-corrected chi connectivity index (χ3v) is 4.41. The first-order valence-corrected chi connectivity index (χ1v) is 7.21. The predicted molar refractivity (Wildman–Crippen MR) is 65.8 cm³/mol. The number of hydrogen-bond donors (Lipinski definition) is 1. The summed E-state index contributed by atoms with van der Waals surface area (Å²) in [4.78, 5) is 0. The molecule has 1 N–H and O–H groups in total. The molecule has 0 aromatic carbocycles. The van der Waals surface area contributed by atoms with Gasteiger partial charge in [-0.1, -0.05) is 0 Å². The van der Waals surface area contributed by atoms with E-state index in [0.717, 1.165) is 18.8 Å². The van der Waals surface area contributed by atoms with Crippen molar-refractivity contribution < 1.29 is 0 Å². The van der Waals surface area contributed by atoms with Crippen LogP contribution in [-0.2, 0) is 6.42 Å². The van der Waals surface area contributed by atoms with Crippen LogP contribution in [0.1, 0.15) is 30.5 Å². The van der Waals surface area contributed by atoms with Crippen molar-refractivity contribution in [3.63, 3.8) is 0 Å². The van der Waals surface area contributed by atoms with Gasteiger partial charge in [0.05, 0.1) is 0 Å². The van der Waals surface area contributed by atoms with Gasteiger partial charge in [0.2, 0.25) is 0 Å². The van der Waals surface area contributed by atoms with Gasteiger partial charge in [0.1, 0.15) is 11.6 Å². The molecule has 1 saturated heterocycles. The average molecular weight is 238 g/mol. The van der Waals surface area contributed by atoms with Crippen molar-refractivity contribution in [1.82, 2.24) is 20.1 Å². The Labute approximate surface area is 100 Å². The topological polar surface area (TPSA) is 42.7 Å². The van der Waals surface area contributed by atoms with Gasteiger partial charge in [-0.2, -0.15) is 11.8 Å². The lowest BCUT2D eigenvalue weighted by atomic mass is 10.2. The lowest BCUT2D eigenvalue weighted by molar-refractivity contribution is 0.530. The molecule has 3 rings (SSSR count). The molecule has 1 atom stereocenters. The van der Waals surface area contributed by atoms with Crippen LogP contribution < -0.4 is 5.32 Å². The molecule has 0 radical (unpaired) electrons. The number of aromatic nitrogens is 3. The molecule has 1 aromatic rings. The smallest absolute Gasteiger partial charge is 0.134 e. The standard InChI is InChI=1S/C11H18N4S/c1-8-13-14-11(15(8)10-2-3-10)6-9-7-16-5-4-12-9/h9-10,12H,2-7H2,1H3. The molecule has 5 heteroatoms. The van der Waals surface area contributed by atoms with Gasteiger partial charge in [0.25, 0.3) is 0 Å². The Morgan fingerprint density at radius 3 is 3.00 bits per heavy atom. The minimum atomic E-state index is 0.583. The van der Waals surface area contributed by atoms with E-state index in [2.05, 4.69) is 27.0 Å². The first kappa shape index (κ1) is 10.6. The normalized spacial score (nSPS) is 25.9. The van der Waals surface area contributed by atoms with E-state index in [0.29, 0.717) is 12.1 Å². The molecule has 4 nitrogen and oxygen atoms in total. The van der Waals surface area contributed by atoms with Crippen LogP contribution in [0.15, 0.2) is 0 Å². The molecular formula is C11H18N4S. The van der Waals surface area contributed by atoms with Gasteiger partial charge in [0, 0.05) is 36.6 Å². The summed E-state index contributed by atoms with van der Waals surface area (Å²) in [5.41, 5.74) is 0. The number of aryl methyl sites for hydroxylation is 1. The summed E-state index contributed by atoms with van der Waals surface area (Å²) >= 11 is 2.04. The fraction of sp³-hybridized carbons (Fsp3) is 0.818. The quantitative estimate of drug-likeness (QED) is 0.858. The Hall–Kier alpha value is -0.550. The molecule has 1 aromatic heterocycles. The first-order valence-electron chi connectivity index (χ1n) is 6.06. The Balaban J connectivity index is 1.73. The van der Waals surface area contributed by atoms with Gasteiger partial charge in [0.15, 0.2) is 0 Å². The molecule has 0 amide bonds. The number of nitrogens with zero attached hydrogens (tertiary/aromatic N) is 3. The number of nitrogens with one attached hydrogen (secondary N) is 1. The zero-order valence-electron chi connectivity index (χ0n) is 9.65. The van der Waals surface area contributed by atoms with E-state index >= 15 is 0 Å². The van der Waals surface area contributed by atoms with Gasteiger partial charge in [-0.15, -0.1) is 10.2 Å². The Morgan fingerprint density at radius 2 is 2.31 bits per heavy atom. The lowest BCUT2D eigenvalue weighted by Crippen LogP contribution is -2.39. The summed E-state index contributed by atoms with van der Waals surface area (Å²) in [7, 11) is 0. The summed E-state index contributed by atoms with van der Waals surface area (Å²) in [6, 6.07) is 1.28. The van der Waals surface area contributed by atoms with Crippen LogP contribution in [0.25, 0.3) is 0 Å². The molecule has 88 valence electrons. The molecule has 0 bridgehead atoms. The largest absolute Gasteiger partial charge is 0.312 e. The van der Waals surface area contributed by atoms with Gasteiger partial charge in [-0.25, -0.2) is 0 Å². The van der Waals surface area contributed by atoms with Gasteiger partial charge in [-0.05, 0) is 19.8 Å². The summed E-state index contributed by atoms with van der Waals surface area (Å²) in [5.74, 6) is 4.71. The molecule has 2 heterocycles. The fourth-order valence-corrected chi connectivity index (χ4v) is 3.28. The van der Waals surface area contributed by atoms with Crippen molar-refractivity contribution in [3.8, 4) is 0 Å². The maximum atomic E-state index is 4.33. The van der Waals surface area contributed by atoms with E-state index in [1.54, 1.807) is 0 Å². The Kier molecular flexibility index (Phi) is 2.90. The van der Waals surface area contributed by atoms with E-state index < -0.39 is 0 Å². The first-order chi connectivity index (χ1) is 7.84. The van der Waals surface area contributed by atoms with Gasteiger partial charge in [-0.3, -0.25) is 0 Å². The van der Waals surface area contributed by atoms with Crippen LogP contribution in [0.5, 0.6) is 0 Å². The van der Waals surface area contributed by atoms with Crippen molar-refractivity contribution >= 4 is 11.8 Å². The number of hydrogen-bond acceptors (Lipinski definition) is 4. The Morgan fingerprint density at radius 1 is 1.44 bits per heavy atom. The Bertz CT molecular complexity index is 366. The van der Waals surface area contributed by atoms with Crippen molar-refractivity contribution in [2.24, 2.45) is 0 Å². The van der Waals surface area contributed by atoms with Crippen LogP contribution in [0.4, 0.5) is 0 Å². The minimum Gasteiger partial charge on any atom is -0.312 e. The van der Waals surface area contributed by atoms with E-state index in [1.165, 1.54) is 30.2 Å². The molecule has 1 aliphatic heterocycles. The van der Waals surface area contributed by atoms with Crippen molar-refractivity contribution in [3.05, 3.63) is 11.6 Å². The van der Waals surface area contributed by atoms with Crippen molar-refractivity contribution in [2.45, 2.75) is 38.3 Å². The molecule has 1 aliphatic carbocycles. The summed E-state index contributed by atoms with van der Waals surface area (Å²) in [6.07, 6.45) is 3.64. The number of rotatable bonds is 3. The van der Waals surface area contributed by atoms with E-state index in [1.807, 2.05) is 11.8 Å². The van der Waals surface area contributed by atoms with E-state index in [9.17, 15) is 0 Å². The van der Waals surface area contributed by atoms with Crippen LogP contribution in [0, 0.1) is 6.92 Å². The second kappa shape index (κ2) is 4.37. The van der Waals surface area contributed by atoms with Gasteiger partial charge < -0.3 is 9.88 Å². The highest BCUT2D eigenvalue weighted by Gasteiger charge is 2.29. The molecular weight excluding hydrogens is 220 g/mol. The second-order valence-corrected chi connectivity index (χ2v) is 5.84. The van der Waals surface area contributed by atoms with E-state index in [4.69, 9.17) is 0 Å². The zero-order chi connectivity index (χ0) is 11.0. The SMILES string of the molecule is Cc1nnc(CC2CSCCN2)n1C1CC1. The highest BCUT2D eigenvalue weighted by atomic mass is 32.2. The van der Waals surface area contributed by atoms with Crippen LogP contribution in [0.2, 0.25) is 0 Å². The third-order valence-electron chi connectivity index (χ3n) is 3.28. The van der Waals surface area contributed by atoms with E-state index in [-0.39, 0.29) is 0 Å². The second-order valence-electron chi connectivity index (χ2n) is 4.69. The maximum Gasteiger partial charge on any atom is 0.134 e. The van der Waals surface area contributed by atoms with Crippen LogP contribution in [-0.4, -0.2) is 38.9 Å². The molecule has 1 unspecified atom stereocenters. The molecule has 2 fully saturated rings.